The summed E-state index contributed by atoms with van der Waals surface area (Å²) < 4.78 is 45.6. The van der Waals surface area contributed by atoms with Gasteiger partial charge in [0.2, 0.25) is 0 Å². The predicted molar refractivity (Wildman–Crippen MR) is 59.5 cm³/mol. The zero-order valence-electron chi connectivity index (χ0n) is 10.3. The molecule has 1 aromatic heterocycles. The highest BCUT2D eigenvalue weighted by Crippen LogP contribution is 2.35. The normalized spacial score (nSPS) is 28.2. The summed E-state index contributed by atoms with van der Waals surface area (Å²) in [7, 11) is 0. The number of aromatic nitrogens is 3. The van der Waals surface area contributed by atoms with Crippen LogP contribution in [0.15, 0.2) is 0 Å². The Morgan fingerprint density at radius 2 is 2.16 bits per heavy atom. The zero-order valence-corrected chi connectivity index (χ0v) is 10.3. The summed E-state index contributed by atoms with van der Waals surface area (Å²) in [5, 5.41) is 11.1. The number of nitrogens with one attached hydrogen (secondary N) is 1. The minimum Gasteiger partial charge on any atom is -0.368 e. The zero-order chi connectivity index (χ0) is 13.5. The number of nitrogens with zero attached hydrogens (tertiary/aromatic N) is 3. The van der Waals surface area contributed by atoms with E-state index in [9.17, 15) is 13.2 Å². The maximum absolute atomic E-state index is 12.8. The monoisotopic (exact) mass is 276 g/mol. The Bertz CT molecular complexity index is 453. The maximum Gasteiger partial charge on any atom is 0.393 e. The van der Waals surface area contributed by atoms with Crippen molar-refractivity contribution >= 4 is 0 Å². The lowest BCUT2D eigenvalue weighted by Gasteiger charge is -2.29. The molecule has 0 bridgehead atoms. The first-order chi connectivity index (χ1) is 9.05. The molecule has 2 unspecified atom stereocenters. The van der Waals surface area contributed by atoms with Crippen LogP contribution in [0.4, 0.5) is 13.2 Å². The van der Waals surface area contributed by atoms with E-state index in [1.165, 1.54) is 0 Å². The van der Waals surface area contributed by atoms with Crippen molar-refractivity contribution < 1.29 is 17.9 Å². The SMILES string of the molecule is FC(F)(F)C1CCc2nnc(C3CNCCO3)n2C1. The van der Waals surface area contributed by atoms with Gasteiger partial charge < -0.3 is 14.6 Å². The molecule has 8 heteroatoms. The van der Waals surface area contributed by atoms with E-state index in [1.54, 1.807) is 4.57 Å². The highest BCUT2D eigenvalue weighted by molar-refractivity contribution is 5.04. The summed E-state index contributed by atoms with van der Waals surface area (Å²) in [5.74, 6) is -0.174. The first kappa shape index (κ1) is 12.9. The van der Waals surface area contributed by atoms with Crippen LogP contribution in [0.1, 0.15) is 24.2 Å². The number of aryl methyl sites for hydroxylation is 1. The van der Waals surface area contributed by atoms with E-state index in [0.29, 0.717) is 31.2 Å². The van der Waals surface area contributed by atoms with Crippen LogP contribution in [0.3, 0.4) is 0 Å². The Morgan fingerprint density at radius 3 is 2.84 bits per heavy atom. The van der Waals surface area contributed by atoms with E-state index in [0.717, 1.165) is 6.54 Å². The van der Waals surface area contributed by atoms with Crippen LogP contribution in [0.5, 0.6) is 0 Å². The van der Waals surface area contributed by atoms with Gasteiger partial charge in [-0.05, 0) is 6.42 Å². The van der Waals surface area contributed by atoms with Gasteiger partial charge in [0, 0.05) is 26.1 Å². The first-order valence-electron chi connectivity index (χ1n) is 6.36. The Balaban J connectivity index is 1.84. The average molecular weight is 276 g/mol. The van der Waals surface area contributed by atoms with E-state index < -0.39 is 12.1 Å². The summed E-state index contributed by atoms with van der Waals surface area (Å²) >= 11 is 0. The fraction of sp³-hybridized carbons (Fsp3) is 0.818. The van der Waals surface area contributed by atoms with Crippen LogP contribution in [0.25, 0.3) is 0 Å². The molecule has 3 heterocycles. The van der Waals surface area contributed by atoms with Crippen molar-refractivity contribution in [1.82, 2.24) is 20.1 Å². The fourth-order valence-electron chi connectivity index (χ4n) is 2.58. The van der Waals surface area contributed by atoms with Crippen molar-refractivity contribution in [3.63, 3.8) is 0 Å². The van der Waals surface area contributed by atoms with E-state index in [4.69, 9.17) is 4.74 Å². The minimum absolute atomic E-state index is 0.0887. The molecular weight excluding hydrogens is 261 g/mol. The van der Waals surface area contributed by atoms with Gasteiger partial charge in [-0.15, -0.1) is 10.2 Å². The van der Waals surface area contributed by atoms with Crippen LogP contribution >= 0.6 is 0 Å². The van der Waals surface area contributed by atoms with Gasteiger partial charge in [-0.25, -0.2) is 0 Å². The van der Waals surface area contributed by atoms with Gasteiger partial charge in [0.05, 0.1) is 12.5 Å². The molecule has 2 aliphatic rings. The van der Waals surface area contributed by atoms with Crippen molar-refractivity contribution in [2.75, 3.05) is 19.7 Å². The molecule has 2 atom stereocenters. The standard InChI is InChI=1S/C11H15F3N4O/c12-11(13,14)7-1-2-9-16-17-10(18(9)6-7)8-5-15-3-4-19-8/h7-8,15H,1-6H2. The molecule has 1 aromatic rings. The highest BCUT2D eigenvalue weighted by atomic mass is 19.4. The summed E-state index contributed by atoms with van der Waals surface area (Å²) in [4.78, 5) is 0. The molecular formula is C11H15F3N4O. The Morgan fingerprint density at radius 1 is 1.32 bits per heavy atom. The number of fused-ring (bicyclic) bond motifs is 1. The lowest BCUT2D eigenvalue weighted by Crippen LogP contribution is -2.37. The van der Waals surface area contributed by atoms with E-state index in [2.05, 4.69) is 15.5 Å². The van der Waals surface area contributed by atoms with Gasteiger partial charge in [-0.1, -0.05) is 0 Å². The van der Waals surface area contributed by atoms with Gasteiger partial charge in [0.15, 0.2) is 5.82 Å². The van der Waals surface area contributed by atoms with Crippen LogP contribution in [0, 0.1) is 5.92 Å². The molecule has 0 aliphatic carbocycles. The van der Waals surface area contributed by atoms with E-state index in [1.807, 2.05) is 0 Å². The van der Waals surface area contributed by atoms with E-state index in [-0.39, 0.29) is 19.1 Å². The summed E-state index contributed by atoms with van der Waals surface area (Å²) in [6.45, 7) is 1.76. The molecule has 1 N–H and O–H groups in total. The first-order valence-corrected chi connectivity index (χ1v) is 6.36. The molecule has 0 amide bonds. The molecule has 0 saturated carbocycles. The van der Waals surface area contributed by atoms with Crippen molar-refractivity contribution in [2.45, 2.75) is 31.7 Å². The second kappa shape index (κ2) is 4.75. The number of halogens is 3. The van der Waals surface area contributed by atoms with Crippen molar-refractivity contribution in [3.8, 4) is 0 Å². The number of rotatable bonds is 1. The number of morpholine rings is 1. The quantitative estimate of drug-likeness (QED) is 0.833. The third kappa shape index (κ3) is 2.46. The molecule has 19 heavy (non-hydrogen) atoms. The summed E-state index contributed by atoms with van der Waals surface area (Å²) in [5.41, 5.74) is 0. The largest absolute Gasteiger partial charge is 0.393 e. The molecule has 1 saturated heterocycles. The Kier molecular flexibility index (Phi) is 3.22. The summed E-state index contributed by atoms with van der Waals surface area (Å²) in [6, 6.07) is 0. The Labute approximate surface area is 108 Å². The number of hydrogen-bond acceptors (Lipinski definition) is 4. The van der Waals surface area contributed by atoms with Gasteiger partial charge >= 0.3 is 6.18 Å². The van der Waals surface area contributed by atoms with Gasteiger partial charge in [-0.3, -0.25) is 0 Å². The lowest BCUT2D eigenvalue weighted by atomic mass is 9.98. The van der Waals surface area contributed by atoms with E-state index >= 15 is 0 Å². The number of ether oxygens (including phenoxy) is 1. The molecule has 106 valence electrons. The predicted octanol–water partition coefficient (Wildman–Crippen LogP) is 1.06. The minimum atomic E-state index is -4.16. The molecule has 0 spiro atoms. The number of alkyl halides is 3. The van der Waals surface area contributed by atoms with Crippen LogP contribution in [-0.4, -0.2) is 40.6 Å². The van der Waals surface area contributed by atoms with Gasteiger partial charge in [-0.2, -0.15) is 13.2 Å². The van der Waals surface area contributed by atoms with Crippen LogP contribution in [-0.2, 0) is 17.7 Å². The van der Waals surface area contributed by atoms with Crippen LogP contribution in [0.2, 0.25) is 0 Å². The van der Waals surface area contributed by atoms with Crippen LogP contribution < -0.4 is 5.32 Å². The van der Waals surface area contributed by atoms with Gasteiger partial charge in [0.25, 0.3) is 0 Å². The lowest BCUT2D eigenvalue weighted by molar-refractivity contribution is -0.182. The molecule has 3 rings (SSSR count). The molecule has 2 aliphatic heterocycles. The maximum atomic E-state index is 12.8. The molecule has 5 nitrogen and oxygen atoms in total. The molecule has 1 fully saturated rings. The summed E-state index contributed by atoms with van der Waals surface area (Å²) in [6.07, 6.45) is -4.06. The topological polar surface area (TPSA) is 52.0 Å². The average Bonchev–Trinajstić information content (AvgIpc) is 2.81. The third-order valence-corrected chi connectivity index (χ3v) is 3.65. The highest BCUT2D eigenvalue weighted by Gasteiger charge is 2.42. The fourth-order valence-corrected chi connectivity index (χ4v) is 2.58. The molecule has 0 aromatic carbocycles. The van der Waals surface area contributed by atoms with Crippen molar-refractivity contribution in [1.29, 1.82) is 0 Å². The van der Waals surface area contributed by atoms with Crippen molar-refractivity contribution in [3.05, 3.63) is 11.6 Å². The second-order valence-corrected chi connectivity index (χ2v) is 4.93. The third-order valence-electron chi connectivity index (χ3n) is 3.65. The second-order valence-electron chi connectivity index (χ2n) is 4.93. The Hall–Kier alpha value is -1.15. The van der Waals surface area contributed by atoms with Gasteiger partial charge in [0.1, 0.15) is 11.9 Å². The number of hydrogen-bond donors (Lipinski definition) is 1. The van der Waals surface area contributed by atoms with Crippen molar-refractivity contribution in [2.24, 2.45) is 5.92 Å². The molecule has 0 radical (unpaired) electrons. The smallest absolute Gasteiger partial charge is 0.368 e.